The minimum absolute atomic E-state index is 1.21. The van der Waals surface area contributed by atoms with Gasteiger partial charge in [-0.25, -0.2) is 0 Å². The van der Waals surface area contributed by atoms with Gasteiger partial charge in [-0.2, -0.15) is 0 Å². The maximum atomic E-state index is 2.39. The Bertz CT molecular complexity index is 579. The minimum Gasteiger partial charge on any atom is -0.0885 e. The van der Waals surface area contributed by atoms with Gasteiger partial charge < -0.3 is 0 Å². The fourth-order valence-electron chi connectivity index (χ4n) is 3.09. The summed E-state index contributed by atoms with van der Waals surface area (Å²) in [6.07, 6.45) is 18.0. The lowest BCUT2D eigenvalue weighted by atomic mass is 10.0. The third-order valence-corrected chi connectivity index (χ3v) is 4.54. The molecule has 0 saturated heterocycles. The molecule has 0 unspecified atom stereocenters. The molecule has 0 aromatic heterocycles. The minimum atomic E-state index is 1.21. The Balaban J connectivity index is 1.55. The summed E-state index contributed by atoms with van der Waals surface area (Å²) in [5, 5.41) is 2.72. The van der Waals surface area contributed by atoms with Gasteiger partial charge in [0.15, 0.2) is 0 Å². The molecule has 2 aromatic carbocycles. The number of fused-ring (bicyclic) bond motifs is 1. The largest absolute Gasteiger partial charge is 0.0885 e. The van der Waals surface area contributed by atoms with Crippen molar-refractivity contribution in [1.82, 2.24) is 0 Å². The number of allylic oxidation sites excluding steroid dienone is 2. The number of rotatable bonds is 11. The summed E-state index contributed by atoms with van der Waals surface area (Å²) in [5.41, 5.74) is 1.48. The quantitative estimate of drug-likeness (QED) is 0.298. The monoisotopic (exact) mass is 308 g/mol. The summed E-state index contributed by atoms with van der Waals surface area (Å²) in [7, 11) is 0. The smallest absolute Gasteiger partial charge is 0.0181 e. The molecule has 0 atom stereocenters. The van der Waals surface area contributed by atoms with E-state index in [1.807, 2.05) is 0 Å². The van der Waals surface area contributed by atoms with E-state index in [9.17, 15) is 0 Å². The molecule has 0 heteroatoms. The summed E-state index contributed by atoms with van der Waals surface area (Å²) in [6, 6.07) is 15.5. The second kappa shape index (κ2) is 11.0. The van der Waals surface area contributed by atoms with E-state index >= 15 is 0 Å². The van der Waals surface area contributed by atoms with Gasteiger partial charge in [0, 0.05) is 0 Å². The molecule has 0 spiro atoms. The molecule has 0 bridgehead atoms. The summed E-state index contributed by atoms with van der Waals surface area (Å²) in [5.74, 6) is 0. The molecule has 0 N–H and O–H groups in total. The van der Waals surface area contributed by atoms with Crippen LogP contribution in [0.3, 0.4) is 0 Å². The van der Waals surface area contributed by atoms with Crippen molar-refractivity contribution in [3.8, 4) is 0 Å². The number of unbranched alkanes of at least 4 members (excludes halogenated alkanes) is 7. The van der Waals surface area contributed by atoms with Crippen LogP contribution in [0.15, 0.2) is 54.6 Å². The van der Waals surface area contributed by atoms with Crippen LogP contribution in [0, 0.1) is 0 Å². The highest BCUT2D eigenvalue weighted by Gasteiger charge is 1.96. The molecule has 0 fully saturated rings. The molecule has 124 valence electrons. The van der Waals surface area contributed by atoms with Gasteiger partial charge in [-0.05, 0) is 54.9 Å². The van der Waals surface area contributed by atoms with Crippen LogP contribution >= 0.6 is 0 Å². The van der Waals surface area contributed by atoms with Crippen molar-refractivity contribution >= 4 is 10.8 Å². The maximum absolute atomic E-state index is 2.39. The lowest BCUT2D eigenvalue weighted by molar-refractivity contribution is 0.669. The first-order valence-electron chi connectivity index (χ1n) is 9.53. The van der Waals surface area contributed by atoms with E-state index in [1.165, 1.54) is 80.5 Å². The predicted molar refractivity (Wildman–Crippen MR) is 104 cm³/mol. The van der Waals surface area contributed by atoms with E-state index in [-0.39, 0.29) is 0 Å². The van der Waals surface area contributed by atoms with Crippen molar-refractivity contribution in [2.24, 2.45) is 0 Å². The van der Waals surface area contributed by atoms with E-state index < -0.39 is 0 Å². The number of hydrogen-bond donors (Lipinski definition) is 0. The molecule has 2 aromatic rings. The Morgan fingerprint density at radius 3 is 2.13 bits per heavy atom. The van der Waals surface area contributed by atoms with Crippen LogP contribution in [-0.4, -0.2) is 0 Å². The van der Waals surface area contributed by atoms with E-state index in [2.05, 4.69) is 61.5 Å². The fraction of sp³-hybridized carbons (Fsp3) is 0.478. The number of aryl methyl sites for hydroxylation is 1. The molecule has 0 heterocycles. The van der Waals surface area contributed by atoms with Crippen LogP contribution in [0.25, 0.3) is 10.8 Å². The number of hydrogen-bond acceptors (Lipinski definition) is 0. The zero-order valence-electron chi connectivity index (χ0n) is 14.8. The maximum Gasteiger partial charge on any atom is -0.0181 e. The molecule has 0 radical (unpaired) electrons. The summed E-state index contributed by atoms with van der Waals surface area (Å²) in [6.45, 7) is 2.27. The third-order valence-electron chi connectivity index (χ3n) is 4.54. The Morgan fingerprint density at radius 2 is 1.39 bits per heavy atom. The van der Waals surface area contributed by atoms with Crippen molar-refractivity contribution < 1.29 is 0 Å². The van der Waals surface area contributed by atoms with Gasteiger partial charge in [0.25, 0.3) is 0 Å². The molecule has 0 saturated carbocycles. The van der Waals surface area contributed by atoms with Crippen molar-refractivity contribution in [3.05, 3.63) is 60.2 Å². The van der Waals surface area contributed by atoms with Crippen LogP contribution in [0.5, 0.6) is 0 Å². The molecule has 0 aliphatic rings. The van der Waals surface area contributed by atoms with Crippen LogP contribution in [0.4, 0.5) is 0 Å². The highest BCUT2D eigenvalue weighted by molar-refractivity contribution is 5.82. The Labute approximate surface area is 142 Å². The van der Waals surface area contributed by atoms with E-state index in [0.29, 0.717) is 0 Å². The van der Waals surface area contributed by atoms with Gasteiger partial charge in [-0.3, -0.25) is 0 Å². The fourth-order valence-corrected chi connectivity index (χ4v) is 3.09. The molecule has 0 nitrogen and oxygen atoms in total. The molecule has 0 amide bonds. The summed E-state index contributed by atoms with van der Waals surface area (Å²) in [4.78, 5) is 0. The van der Waals surface area contributed by atoms with E-state index in [0.717, 1.165) is 0 Å². The lowest BCUT2D eigenvalue weighted by Gasteiger charge is -2.03. The molecule has 0 aliphatic heterocycles. The van der Waals surface area contributed by atoms with Gasteiger partial charge in [-0.15, -0.1) is 0 Å². The van der Waals surface area contributed by atoms with Gasteiger partial charge in [-0.1, -0.05) is 87.2 Å². The van der Waals surface area contributed by atoms with Crippen molar-refractivity contribution in [3.63, 3.8) is 0 Å². The summed E-state index contributed by atoms with van der Waals surface area (Å²) < 4.78 is 0. The zero-order valence-corrected chi connectivity index (χ0v) is 14.8. The predicted octanol–water partition coefficient (Wildman–Crippen LogP) is 7.47. The lowest BCUT2D eigenvalue weighted by Crippen LogP contribution is -1.86. The Morgan fingerprint density at radius 1 is 0.696 bits per heavy atom. The second-order valence-electron chi connectivity index (χ2n) is 6.60. The van der Waals surface area contributed by atoms with Gasteiger partial charge in [0.05, 0.1) is 0 Å². The van der Waals surface area contributed by atoms with Crippen molar-refractivity contribution in [2.75, 3.05) is 0 Å². The standard InChI is InChI=1S/C23H32/c1-2-3-4-5-6-7-8-9-10-11-12-15-21-18-19-22-16-13-14-17-23(22)20-21/h7-8,13-14,16-20H,2-6,9-12,15H2,1H3/b8-7+. The molecule has 23 heavy (non-hydrogen) atoms. The second-order valence-corrected chi connectivity index (χ2v) is 6.60. The van der Waals surface area contributed by atoms with Gasteiger partial charge in [0.2, 0.25) is 0 Å². The van der Waals surface area contributed by atoms with Crippen molar-refractivity contribution in [2.45, 2.75) is 71.1 Å². The van der Waals surface area contributed by atoms with Crippen molar-refractivity contribution in [1.29, 1.82) is 0 Å². The van der Waals surface area contributed by atoms with Crippen LogP contribution in [0.1, 0.15) is 70.3 Å². The van der Waals surface area contributed by atoms with E-state index in [1.54, 1.807) is 0 Å². The van der Waals surface area contributed by atoms with Gasteiger partial charge in [0.1, 0.15) is 0 Å². The molecular weight excluding hydrogens is 276 g/mol. The summed E-state index contributed by atoms with van der Waals surface area (Å²) >= 11 is 0. The Kier molecular flexibility index (Phi) is 8.55. The molecule has 0 aliphatic carbocycles. The highest BCUT2D eigenvalue weighted by Crippen LogP contribution is 2.17. The average Bonchev–Trinajstić information content (AvgIpc) is 2.59. The topological polar surface area (TPSA) is 0 Å². The zero-order chi connectivity index (χ0) is 16.2. The average molecular weight is 309 g/mol. The van der Waals surface area contributed by atoms with Crippen LogP contribution in [0.2, 0.25) is 0 Å². The number of benzene rings is 2. The Hall–Kier alpha value is -1.56. The van der Waals surface area contributed by atoms with E-state index in [4.69, 9.17) is 0 Å². The van der Waals surface area contributed by atoms with Crippen LogP contribution in [-0.2, 0) is 6.42 Å². The van der Waals surface area contributed by atoms with Crippen LogP contribution < -0.4 is 0 Å². The first-order chi connectivity index (χ1) is 11.4. The first-order valence-corrected chi connectivity index (χ1v) is 9.53. The molecule has 2 rings (SSSR count). The third kappa shape index (κ3) is 7.03. The molecular formula is C23H32. The first kappa shape index (κ1) is 17.8. The normalized spacial score (nSPS) is 11.5. The highest BCUT2D eigenvalue weighted by atomic mass is 14.0. The van der Waals surface area contributed by atoms with Gasteiger partial charge >= 0.3 is 0 Å². The SMILES string of the molecule is CCCCCC/C=C/CCCCCc1ccc2ccccc2c1.